The summed E-state index contributed by atoms with van der Waals surface area (Å²) in [6.45, 7) is 6.06. The number of anilines is 1. The molecule has 0 aromatic carbocycles. The third-order valence-corrected chi connectivity index (χ3v) is 6.70. The zero-order valence-electron chi connectivity index (χ0n) is 16.5. The molecule has 2 aromatic rings. The number of rotatable bonds is 7. The highest BCUT2D eigenvalue weighted by Crippen LogP contribution is 2.39. The Kier molecular flexibility index (Phi) is 6.22. The summed E-state index contributed by atoms with van der Waals surface area (Å²) >= 11 is 1.89. The fourth-order valence-corrected chi connectivity index (χ4v) is 5.31. The zero-order chi connectivity index (χ0) is 18.6. The van der Waals surface area contributed by atoms with Gasteiger partial charge in [-0.25, -0.2) is 9.97 Å². The Morgan fingerprint density at radius 2 is 2.00 bits per heavy atom. The van der Waals surface area contributed by atoms with Crippen LogP contribution in [0.1, 0.15) is 35.5 Å². The van der Waals surface area contributed by atoms with Crippen molar-refractivity contribution in [3.05, 3.63) is 16.3 Å². The summed E-state index contributed by atoms with van der Waals surface area (Å²) < 4.78 is 10.7. The van der Waals surface area contributed by atoms with Crippen molar-refractivity contribution in [2.24, 2.45) is 0 Å². The number of aromatic nitrogens is 2. The maximum Gasteiger partial charge on any atom is 0.146 e. The predicted molar refractivity (Wildman–Crippen MR) is 110 cm³/mol. The van der Waals surface area contributed by atoms with Gasteiger partial charge in [0.05, 0.1) is 25.1 Å². The average Bonchev–Trinajstić information content (AvgIpc) is 3.06. The van der Waals surface area contributed by atoms with Crippen molar-refractivity contribution in [1.29, 1.82) is 0 Å². The van der Waals surface area contributed by atoms with Crippen molar-refractivity contribution in [1.82, 2.24) is 14.9 Å². The molecule has 1 saturated heterocycles. The van der Waals surface area contributed by atoms with Gasteiger partial charge in [0, 0.05) is 45.3 Å². The van der Waals surface area contributed by atoms with Gasteiger partial charge in [0.1, 0.15) is 16.5 Å². The Morgan fingerprint density at radius 3 is 2.81 bits per heavy atom. The second-order valence-electron chi connectivity index (χ2n) is 7.51. The Bertz CT molecular complexity index is 773. The topological polar surface area (TPSA) is 50.7 Å². The largest absolute Gasteiger partial charge is 0.385 e. The van der Waals surface area contributed by atoms with Gasteiger partial charge < -0.3 is 14.4 Å². The summed E-state index contributed by atoms with van der Waals surface area (Å²) in [4.78, 5) is 17.4. The van der Waals surface area contributed by atoms with Gasteiger partial charge in [-0.15, -0.1) is 11.3 Å². The van der Waals surface area contributed by atoms with Crippen molar-refractivity contribution < 1.29 is 9.47 Å². The number of fused-ring (bicyclic) bond motifs is 3. The van der Waals surface area contributed by atoms with Crippen LogP contribution in [0.5, 0.6) is 0 Å². The quantitative estimate of drug-likeness (QED) is 0.678. The first-order chi connectivity index (χ1) is 13.3. The van der Waals surface area contributed by atoms with E-state index in [1.807, 2.05) is 11.3 Å². The molecule has 1 fully saturated rings. The second kappa shape index (κ2) is 8.82. The lowest BCUT2D eigenvalue weighted by Gasteiger charge is -2.26. The number of hydrogen-bond acceptors (Lipinski definition) is 7. The minimum atomic E-state index is 0.779. The van der Waals surface area contributed by atoms with E-state index in [9.17, 15) is 0 Å². The van der Waals surface area contributed by atoms with Crippen LogP contribution < -0.4 is 4.90 Å². The molecule has 0 amide bonds. The number of hydrogen-bond donors (Lipinski definition) is 0. The number of ether oxygens (including phenoxy) is 2. The first kappa shape index (κ1) is 19.1. The Balaban J connectivity index is 1.68. The lowest BCUT2D eigenvalue weighted by molar-refractivity contribution is 0.0331. The standard InChI is InChI=1S/C20H30N4O2S/c1-23(8-5-11-25-2)19-18-15-6-3-4-7-16(15)27-20(18)22-17(21-19)14-24-9-12-26-13-10-24/h3-14H2,1-2H3. The van der Waals surface area contributed by atoms with E-state index in [0.29, 0.717) is 0 Å². The van der Waals surface area contributed by atoms with Gasteiger partial charge in [-0.1, -0.05) is 0 Å². The number of aryl methyl sites for hydroxylation is 2. The van der Waals surface area contributed by atoms with E-state index >= 15 is 0 Å². The van der Waals surface area contributed by atoms with Crippen molar-refractivity contribution in [3.63, 3.8) is 0 Å². The van der Waals surface area contributed by atoms with E-state index in [0.717, 1.165) is 64.1 Å². The Hall–Kier alpha value is -1.28. The Morgan fingerprint density at radius 1 is 1.19 bits per heavy atom. The van der Waals surface area contributed by atoms with E-state index in [1.165, 1.54) is 46.3 Å². The summed E-state index contributed by atoms with van der Waals surface area (Å²) in [5.74, 6) is 2.05. The van der Waals surface area contributed by atoms with E-state index < -0.39 is 0 Å². The molecular formula is C20H30N4O2S. The molecule has 4 rings (SSSR count). The molecule has 1 aliphatic carbocycles. The molecule has 6 nitrogen and oxygen atoms in total. The smallest absolute Gasteiger partial charge is 0.146 e. The fraction of sp³-hybridized carbons (Fsp3) is 0.700. The highest BCUT2D eigenvalue weighted by molar-refractivity contribution is 7.19. The molecule has 2 aromatic heterocycles. The van der Waals surface area contributed by atoms with E-state index in [1.54, 1.807) is 7.11 Å². The van der Waals surface area contributed by atoms with Crippen molar-refractivity contribution in [2.75, 3.05) is 58.5 Å². The normalized spacial score (nSPS) is 18.0. The van der Waals surface area contributed by atoms with Crippen LogP contribution >= 0.6 is 11.3 Å². The maximum absolute atomic E-state index is 5.48. The minimum Gasteiger partial charge on any atom is -0.385 e. The monoisotopic (exact) mass is 390 g/mol. The van der Waals surface area contributed by atoms with Gasteiger partial charge in [-0.2, -0.15) is 0 Å². The summed E-state index contributed by atoms with van der Waals surface area (Å²) in [6.07, 6.45) is 5.94. The van der Waals surface area contributed by atoms with Gasteiger partial charge >= 0.3 is 0 Å². The molecule has 0 atom stereocenters. The van der Waals surface area contributed by atoms with Crippen LogP contribution in [-0.4, -0.2) is 68.5 Å². The van der Waals surface area contributed by atoms with Crippen LogP contribution in [0.3, 0.4) is 0 Å². The van der Waals surface area contributed by atoms with Gasteiger partial charge in [0.25, 0.3) is 0 Å². The fourth-order valence-electron chi connectivity index (χ4n) is 4.04. The summed E-state index contributed by atoms with van der Waals surface area (Å²) in [6, 6.07) is 0. The summed E-state index contributed by atoms with van der Waals surface area (Å²) in [5, 5.41) is 1.31. The number of morpholine rings is 1. The van der Waals surface area contributed by atoms with Crippen molar-refractivity contribution in [2.45, 2.75) is 38.6 Å². The van der Waals surface area contributed by atoms with Crippen LogP contribution in [0.25, 0.3) is 10.2 Å². The molecule has 0 bridgehead atoms. The second-order valence-corrected chi connectivity index (χ2v) is 8.59. The molecule has 0 radical (unpaired) electrons. The Labute approximate surface area is 165 Å². The molecule has 148 valence electrons. The first-order valence-electron chi connectivity index (χ1n) is 10.1. The molecule has 3 heterocycles. The average molecular weight is 391 g/mol. The third-order valence-electron chi connectivity index (χ3n) is 5.51. The lowest BCUT2D eigenvalue weighted by atomic mass is 9.97. The molecular weight excluding hydrogens is 360 g/mol. The molecule has 0 N–H and O–H groups in total. The zero-order valence-corrected chi connectivity index (χ0v) is 17.3. The molecule has 27 heavy (non-hydrogen) atoms. The summed E-state index contributed by atoms with van der Waals surface area (Å²) in [5.41, 5.74) is 1.51. The predicted octanol–water partition coefficient (Wildman–Crippen LogP) is 2.88. The van der Waals surface area contributed by atoms with Gasteiger partial charge in [-0.3, -0.25) is 4.90 Å². The number of methoxy groups -OCH3 is 1. The first-order valence-corrected chi connectivity index (χ1v) is 10.9. The van der Waals surface area contributed by atoms with E-state index in [-0.39, 0.29) is 0 Å². The molecule has 0 saturated carbocycles. The third kappa shape index (κ3) is 4.26. The molecule has 7 heteroatoms. The van der Waals surface area contributed by atoms with Gasteiger partial charge in [-0.05, 0) is 37.7 Å². The molecule has 1 aliphatic heterocycles. The van der Waals surface area contributed by atoms with E-state index in [4.69, 9.17) is 19.4 Å². The number of nitrogens with zero attached hydrogens (tertiary/aromatic N) is 4. The SMILES string of the molecule is COCCCN(C)c1nc(CN2CCOCC2)nc2sc3c(c12)CCCC3. The van der Waals surface area contributed by atoms with E-state index in [2.05, 4.69) is 16.8 Å². The van der Waals surface area contributed by atoms with Crippen LogP contribution in [0, 0.1) is 0 Å². The van der Waals surface area contributed by atoms with Crippen LogP contribution in [0.15, 0.2) is 0 Å². The molecule has 2 aliphatic rings. The number of thiophene rings is 1. The summed E-state index contributed by atoms with van der Waals surface area (Å²) in [7, 11) is 3.92. The van der Waals surface area contributed by atoms with Crippen LogP contribution in [0.2, 0.25) is 0 Å². The van der Waals surface area contributed by atoms with Crippen molar-refractivity contribution >= 4 is 27.4 Å². The highest BCUT2D eigenvalue weighted by atomic mass is 32.1. The van der Waals surface area contributed by atoms with Gasteiger partial charge in [0.2, 0.25) is 0 Å². The van der Waals surface area contributed by atoms with Crippen LogP contribution in [0.4, 0.5) is 5.82 Å². The molecule has 0 unspecified atom stereocenters. The minimum absolute atomic E-state index is 0.779. The molecule has 0 spiro atoms. The van der Waals surface area contributed by atoms with Gasteiger partial charge in [0.15, 0.2) is 0 Å². The maximum atomic E-state index is 5.48. The van der Waals surface area contributed by atoms with Crippen LogP contribution in [-0.2, 0) is 28.9 Å². The highest BCUT2D eigenvalue weighted by Gasteiger charge is 2.23. The lowest BCUT2D eigenvalue weighted by Crippen LogP contribution is -2.36. The van der Waals surface area contributed by atoms with Crippen molar-refractivity contribution in [3.8, 4) is 0 Å².